The first-order valence-electron chi connectivity index (χ1n) is 8.40. The fourth-order valence-corrected chi connectivity index (χ4v) is 3.40. The number of hydrogen-bond acceptors (Lipinski definition) is 5. The van der Waals surface area contributed by atoms with Crippen molar-refractivity contribution < 1.29 is 9.53 Å². The lowest BCUT2D eigenvalue weighted by Crippen LogP contribution is -2.15. The van der Waals surface area contributed by atoms with E-state index >= 15 is 0 Å². The Balaban J connectivity index is 1.89. The molecular formula is C18H25N3O2S. The number of carbonyl (C=O) groups excluding carboxylic acids is 1. The minimum absolute atomic E-state index is 0.186. The standard InChI is InChI=1S/C18H25N3O2S/c1-18(2,3)8-15-20-14-7-13(24-11-16(22)23-4)9-19-17(14)21(15)10-12-5-6-12/h7,9,12H,5-6,8,10-11H2,1-4H3. The molecule has 0 saturated heterocycles. The predicted molar refractivity (Wildman–Crippen MR) is 96.2 cm³/mol. The Morgan fingerprint density at radius 1 is 1.42 bits per heavy atom. The van der Waals surface area contributed by atoms with Crippen LogP contribution in [0.5, 0.6) is 0 Å². The van der Waals surface area contributed by atoms with Gasteiger partial charge in [-0.25, -0.2) is 9.97 Å². The maximum atomic E-state index is 11.3. The highest BCUT2D eigenvalue weighted by Gasteiger charge is 2.26. The molecular weight excluding hydrogens is 322 g/mol. The monoisotopic (exact) mass is 347 g/mol. The first-order valence-corrected chi connectivity index (χ1v) is 9.39. The van der Waals surface area contributed by atoms with Crippen molar-refractivity contribution in [3.63, 3.8) is 0 Å². The maximum absolute atomic E-state index is 11.3. The summed E-state index contributed by atoms with van der Waals surface area (Å²) in [5.41, 5.74) is 2.07. The lowest BCUT2D eigenvalue weighted by molar-refractivity contribution is -0.137. The molecule has 6 heteroatoms. The van der Waals surface area contributed by atoms with Crippen molar-refractivity contribution in [1.29, 1.82) is 0 Å². The lowest BCUT2D eigenvalue weighted by atomic mass is 9.92. The molecule has 0 unspecified atom stereocenters. The molecule has 1 saturated carbocycles. The van der Waals surface area contributed by atoms with Crippen LogP contribution in [0.2, 0.25) is 0 Å². The zero-order valence-corrected chi connectivity index (χ0v) is 15.7. The van der Waals surface area contributed by atoms with E-state index in [0.29, 0.717) is 5.75 Å². The van der Waals surface area contributed by atoms with Crippen LogP contribution in [0.3, 0.4) is 0 Å². The fourth-order valence-electron chi connectivity index (χ4n) is 2.68. The number of esters is 1. The van der Waals surface area contributed by atoms with E-state index in [1.54, 1.807) is 0 Å². The van der Waals surface area contributed by atoms with Crippen molar-refractivity contribution in [2.24, 2.45) is 11.3 Å². The number of ether oxygens (including phenoxy) is 1. The van der Waals surface area contributed by atoms with Gasteiger partial charge >= 0.3 is 5.97 Å². The van der Waals surface area contributed by atoms with Crippen molar-refractivity contribution in [1.82, 2.24) is 14.5 Å². The zero-order valence-electron chi connectivity index (χ0n) is 14.8. The van der Waals surface area contributed by atoms with Crippen LogP contribution in [0.4, 0.5) is 0 Å². The summed E-state index contributed by atoms with van der Waals surface area (Å²) in [6.45, 7) is 7.72. The summed E-state index contributed by atoms with van der Waals surface area (Å²) >= 11 is 1.44. The van der Waals surface area contributed by atoms with E-state index in [-0.39, 0.29) is 11.4 Å². The molecule has 1 fully saturated rings. The molecule has 2 aromatic rings. The third kappa shape index (κ3) is 4.29. The molecule has 0 radical (unpaired) electrons. The number of nitrogens with zero attached hydrogens (tertiary/aromatic N) is 3. The lowest BCUT2D eigenvalue weighted by Gasteiger charge is -2.18. The number of pyridine rings is 1. The topological polar surface area (TPSA) is 57.0 Å². The van der Waals surface area contributed by atoms with Crippen LogP contribution in [0.15, 0.2) is 17.2 Å². The van der Waals surface area contributed by atoms with Gasteiger partial charge in [0, 0.05) is 24.1 Å². The minimum atomic E-state index is -0.229. The smallest absolute Gasteiger partial charge is 0.315 e. The average molecular weight is 347 g/mol. The number of carbonyl (C=O) groups is 1. The Morgan fingerprint density at radius 3 is 2.79 bits per heavy atom. The van der Waals surface area contributed by atoms with E-state index in [2.05, 4.69) is 35.1 Å². The van der Waals surface area contributed by atoms with Gasteiger partial charge < -0.3 is 9.30 Å². The first-order chi connectivity index (χ1) is 11.4. The average Bonchev–Trinajstić information content (AvgIpc) is 3.27. The van der Waals surface area contributed by atoms with E-state index in [1.807, 2.05) is 12.3 Å². The highest BCUT2D eigenvalue weighted by Crippen LogP contribution is 2.33. The number of fused-ring (bicyclic) bond motifs is 1. The van der Waals surface area contributed by atoms with Gasteiger partial charge in [0.25, 0.3) is 0 Å². The number of aromatic nitrogens is 3. The van der Waals surface area contributed by atoms with E-state index in [9.17, 15) is 4.79 Å². The second-order valence-corrected chi connectivity index (χ2v) is 8.75. The van der Waals surface area contributed by atoms with Gasteiger partial charge in [-0.2, -0.15) is 0 Å². The summed E-state index contributed by atoms with van der Waals surface area (Å²) in [7, 11) is 1.41. The van der Waals surface area contributed by atoms with Gasteiger partial charge in [0.2, 0.25) is 0 Å². The Hall–Kier alpha value is -1.56. The van der Waals surface area contributed by atoms with Crippen molar-refractivity contribution in [2.45, 2.75) is 51.5 Å². The Kier molecular flexibility index (Phi) is 4.85. The molecule has 130 valence electrons. The second kappa shape index (κ2) is 6.75. The van der Waals surface area contributed by atoms with Crippen molar-refractivity contribution in [3.8, 4) is 0 Å². The van der Waals surface area contributed by atoms with Crippen LogP contribution in [0, 0.1) is 11.3 Å². The third-order valence-corrected chi connectivity index (χ3v) is 4.99. The summed E-state index contributed by atoms with van der Waals surface area (Å²) in [4.78, 5) is 21.8. The van der Waals surface area contributed by atoms with Crippen LogP contribution >= 0.6 is 11.8 Å². The van der Waals surface area contributed by atoms with Gasteiger partial charge in [-0.3, -0.25) is 4.79 Å². The zero-order chi connectivity index (χ0) is 17.3. The number of hydrogen-bond donors (Lipinski definition) is 0. The van der Waals surface area contributed by atoms with E-state index in [0.717, 1.165) is 40.8 Å². The van der Waals surface area contributed by atoms with Crippen molar-refractivity contribution in [3.05, 3.63) is 18.1 Å². The molecule has 0 aromatic carbocycles. The molecule has 0 aliphatic heterocycles. The molecule has 1 aliphatic rings. The second-order valence-electron chi connectivity index (χ2n) is 7.70. The van der Waals surface area contributed by atoms with Crippen LogP contribution < -0.4 is 0 Å². The Bertz CT molecular complexity index is 745. The van der Waals surface area contributed by atoms with E-state index < -0.39 is 0 Å². The fraction of sp³-hybridized carbons (Fsp3) is 0.611. The van der Waals surface area contributed by atoms with Gasteiger partial charge in [-0.1, -0.05) is 20.8 Å². The van der Waals surface area contributed by atoms with Gasteiger partial charge in [0.1, 0.15) is 11.3 Å². The van der Waals surface area contributed by atoms with Crippen LogP contribution in [0.1, 0.15) is 39.4 Å². The van der Waals surface area contributed by atoms with Crippen molar-refractivity contribution in [2.75, 3.05) is 12.9 Å². The third-order valence-electron chi connectivity index (χ3n) is 4.05. The Morgan fingerprint density at radius 2 is 2.17 bits per heavy atom. The van der Waals surface area contributed by atoms with E-state index in [4.69, 9.17) is 4.98 Å². The normalized spacial score (nSPS) is 15.0. The number of methoxy groups -OCH3 is 1. The summed E-state index contributed by atoms with van der Waals surface area (Å²) in [6, 6.07) is 2.03. The first kappa shape index (κ1) is 17.3. The molecule has 2 aromatic heterocycles. The highest BCUT2D eigenvalue weighted by atomic mass is 32.2. The van der Waals surface area contributed by atoms with Crippen LogP contribution in [-0.2, 0) is 22.5 Å². The minimum Gasteiger partial charge on any atom is -0.468 e. The predicted octanol–water partition coefficient (Wildman–Crippen LogP) is 3.70. The molecule has 0 N–H and O–H groups in total. The number of rotatable bonds is 6. The van der Waals surface area contributed by atoms with Crippen molar-refractivity contribution >= 4 is 28.9 Å². The molecule has 3 rings (SSSR count). The Labute approximate surface area is 147 Å². The summed E-state index contributed by atoms with van der Waals surface area (Å²) in [5, 5.41) is 0. The molecule has 5 nitrogen and oxygen atoms in total. The maximum Gasteiger partial charge on any atom is 0.315 e. The molecule has 0 amide bonds. The van der Waals surface area contributed by atoms with Crippen LogP contribution in [-0.4, -0.2) is 33.4 Å². The highest BCUT2D eigenvalue weighted by molar-refractivity contribution is 8.00. The largest absolute Gasteiger partial charge is 0.468 e. The summed E-state index contributed by atoms with van der Waals surface area (Å²) in [6.07, 6.45) is 5.38. The molecule has 0 spiro atoms. The molecule has 1 aliphatic carbocycles. The van der Waals surface area contributed by atoms with Gasteiger partial charge in [0.15, 0.2) is 5.65 Å². The number of imidazole rings is 1. The molecule has 0 bridgehead atoms. The van der Waals surface area contributed by atoms with Gasteiger partial charge in [0.05, 0.1) is 12.9 Å². The van der Waals surface area contributed by atoms with Crippen LogP contribution in [0.25, 0.3) is 11.2 Å². The summed E-state index contributed by atoms with van der Waals surface area (Å²) in [5.74, 6) is 1.96. The van der Waals surface area contributed by atoms with E-state index in [1.165, 1.54) is 31.7 Å². The number of thioether (sulfide) groups is 1. The molecule has 2 heterocycles. The SMILES string of the molecule is COC(=O)CSc1cnc2c(c1)nc(CC(C)(C)C)n2CC1CC1. The molecule has 0 atom stereocenters. The molecule has 24 heavy (non-hydrogen) atoms. The van der Waals surface area contributed by atoms with Gasteiger partial charge in [-0.15, -0.1) is 11.8 Å². The quantitative estimate of drug-likeness (QED) is 0.589. The summed E-state index contributed by atoms with van der Waals surface area (Å²) < 4.78 is 6.99. The van der Waals surface area contributed by atoms with Gasteiger partial charge in [-0.05, 0) is 30.2 Å².